The van der Waals surface area contributed by atoms with E-state index in [4.69, 9.17) is 4.98 Å². The van der Waals surface area contributed by atoms with E-state index in [-0.39, 0.29) is 23.5 Å². The van der Waals surface area contributed by atoms with Crippen LogP contribution in [0.3, 0.4) is 0 Å². The lowest BCUT2D eigenvalue weighted by molar-refractivity contribution is 0.0706. The minimum atomic E-state index is -0.350. The Morgan fingerprint density at radius 3 is 2.59 bits per heavy atom. The summed E-state index contributed by atoms with van der Waals surface area (Å²) >= 11 is 0. The number of amides is 1. The highest BCUT2D eigenvalue weighted by molar-refractivity contribution is 5.94. The predicted octanol–water partition coefficient (Wildman–Crippen LogP) is 4.97. The van der Waals surface area contributed by atoms with E-state index in [9.17, 15) is 13.6 Å². The first-order chi connectivity index (χ1) is 14.1. The molecule has 1 aromatic heterocycles. The highest BCUT2D eigenvalue weighted by Crippen LogP contribution is 2.27. The van der Waals surface area contributed by atoms with Crippen LogP contribution >= 0.6 is 0 Å². The molecule has 2 aromatic carbocycles. The van der Waals surface area contributed by atoms with Gasteiger partial charge in [0.1, 0.15) is 11.6 Å². The molecule has 1 aliphatic heterocycles. The highest BCUT2D eigenvalue weighted by Gasteiger charge is 2.26. The lowest BCUT2D eigenvalue weighted by Crippen LogP contribution is -2.39. The van der Waals surface area contributed by atoms with Crippen molar-refractivity contribution in [3.05, 3.63) is 101 Å². The zero-order valence-electron chi connectivity index (χ0n) is 16.0. The second-order valence-electron chi connectivity index (χ2n) is 7.46. The van der Waals surface area contributed by atoms with Crippen molar-refractivity contribution in [1.29, 1.82) is 0 Å². The molecule has 0 radical (unpaired) electrons. The first kappa shape index (κ1) is 19.2. The molecule has 0 bridgehead atoms. The molecule has 5 heteroatoms. The molecule has 3 nitrogen and oxygen atoms in total. The van der Waals surface area contributed by atoms with E-state index in [2.05, 4.69) is 0 Å². The van der Waals surface area contributed by atoms with Crippen LogP contribution in [0.15, 0.2) is 66.7 Å². The van der Waals surface area contributed by atoms with Gasteiger partial charge >= 0.3 is 0 Å². The molecule has 0 aliphatic carbocycles. The Balaban J connectivity index is 1.48. The van der Waals surface area contributed by atoms with Crippen LogP contribution in [-0.4, -0.2) is 28.9 Å². The molecule has 148 valence electrons. The number of pyridine rings is 1. The predicted molar refractivity (Wildman–Crippen MR) is 108 cm³/mol. The normalized spacial score (nSPS) is 16.6. The lowest BCUT2D eigenvalue weighted by atomic mass is 9.93. The smallest absolute Gasteiger partial charge is 0.253 e. The van der Waals surface area contributed by atoms with E-state index < -0.39 is 0 Å². The van der Waals surface area contributed by atoms with E-state index in [1.807, 2.05) is 29.2 Å². The zero-order valence-corrected chi connectivity index (χ0v) is 16.0. The first-order valence-corrected chi connectivity index (χ1v) is 9.83. The number of benzene rings is 2. The third kappa shape index (κ3) is 4.67. The maximum absolute atomic E-state index is 13.4. The van der Waals surface area contributed by atoms with Gasteiger partial charge in [0, 0.05) is 42.4 Å². The summed E-state index contributed by atoms with van der Waals surface area (Å²) in [5, 5.41) is 0. The largest absolute Gasteiger partial charge is 0.338 e. The maximum Gasteiger partial charge on any atom is 0.253 e. The summed E-state index contributed by atoms with van der Waals surface area (Å²) in [5.74, 6) is -0.524. The van der Waals surface area contributed by atoms with Crippen molar-refractivity contribution in [2.75, 3.05) is 13.1 Å². The molecular formula is C24H22F2N2O. The monoisotopic (exact) mass is 392 g/mol. The minimum Gasteiger partial charge on any atom is -0.338 e. The Bertz CT molecular complexity index is 1000. The summed E-state index contributed by atoms with van der Waals surface area (Å²) in [6.07, 6.45) is 2.42. The maximum atomic E-state index is 13.4. The van der Waals surface area contributed by atoms with Crippen LogP contribution in [0, 0.1) is 11.6 Å². The number of carbonyl (C=O) groups excluding carboxylic acids is 1. The molecule has 1 unspecified atom stereocenters. The van der Waals surface area contributed by atoms with Gasteiger partial charge in [-0.3, -0.25) is 9.78 Å². The van der Waals surface area contributed by atoms with Gasteiger partial charge < -0.3 is 4.90 Å². The summed E-state index contributed by atoms with van der Waals surface area (Å²) in [6, 6.07) is 18.1. The molecule has 3 aromatic rings. The number of hydrogen-bond donors (Lipinski definition) is 0. The number of aromatic nitrogens is 1. The summed E-state index contributed by atoms with van der Waals surface area (Å²) in [6.45, 7) is 1.28. The molecule has 0 spiro atoms. The van der Waals surface area contributed by atoms with Crippen molar-refractivity contribution in [2.24, 2.45) is 0 Å². The van der Waals surface area contributed by atoms with Crippen LogP contribution in [0.4, 0.5) is 8.78 Å². The van der Waals surface area contributed by atoms with Gasteiger partial charge in [0.25, 0.3) is 5.91 Å². The van der Waals surface area contributed by atoms with E-state index in [0.717, 1.165) is 29.8 Å². The number of hydrogen-bond acceptors (Lipinski definition) is 2. The number of piperidine rings is 1. The summed E-state index contributed by atoms with van der Waals surface area (Å²) in [7, 11) is 0. The second kappa shape index (κ2) is 8.52. The number of carbonyl (C=O) groups is 1. The molecule has 0 saturated carbocycles. The van der Waals surface area contributed by atoms with Crippen LogP contribution in [0.5, 0.6) is 0 Å². The molecular weight excluding hydrogens is 370 g/mol. The van der Waals surface area contributed by atoms with Gasteiger partial charge in [0.05, 0.1) is 0 Å². The van der Waals surface area contributed by atoms with Crippen molar-refractivity contribution < 1.29 is 13.6 Å². The van der Waals surface area contributed by atoms with Crippen molar-refractivity contribution in [3.8, 4) is 0 Å². The SMILES string of the molecule is O=C(c1ccc(F)cc1)N1CCCC(c2cccc(Cc3cccc(F)c3)n2)C1. The van der Waals surface area contributed by atoms with Crippen molar-refractivity contribution in [1.82, 2.24) is 9.88 Å². The van der Waals surface area contributed by atoms with Crippen LogP contribution in [0.25, 0.3) is 0 Å². The molecule has 0 N–H and O–H groups in total. The molecule has 1 atom stereocenters. The summed E-state index contributed by atoms with van der Waals surface area (Å²) in [4.78, 5) is 19.4. The Hall–Kier alpha value is -3.08. The third-order valence-corrected chi connectivity index (χ3v) is 5.32. The number of rotatable bonds is 4. The van der Waals surface area contributed by atoms with Crippen molar-refractivity contribution in [3.63, 3.8) is 0 Å². The highest BCUT2D eigenvalue weighted by atomic mass is 19.1. The Kier molecular flexibility index (Phi) is 5.65. The number of likely N-dealkylation sites (tertiary alicyclic amines) is 1. The van der Waals surface area contributed by atoms with E-state index in [1.165, 1.54) is 36.4 Å². The molecule has 1 saturated heterocycles. The van der Waals surface area contributed by atoms with Crippen LogP contribution < -0.4 is 0 Å². The van der Waals surface area contributed by atoms with Crippen molar-refractivity contribution in [2.45, 2.75) is 25.2 Å². The fourth-order valence-corrected chi connectivity index (χ4v) is 3.86. The van der Waals surface area contributed by atoms with Gasteiger partial charge in [0.2, 0.25) is 0 Å². The first-order valence-electron chi connectivity index (χ1n) is 9.83. The van der Waals surface area contributed by atoms with Gasteiger partial charge in [0.15, 0.2) is 0 Å². The van der Waals surface area contributed by atoms with Crippen LogP contribution in [0.2, 0.25) is 0 Å². The quantitative estimate of drug-likeness (QED) is 0.628. The van der Waals surface area contributed by atoms with Gasteiger partial charge in [-0.2, -0.15) is 0 Å². The standard InChI is InChI=1S/C24H22F2N2O/c25-20-11-9-18(10-12-20)24(29)28-13-3-5-19(16-28)23-8-2-7-22(27-23)15-17-4-1-6-21(26)14-17/h1-2,4,6-12,14,19H,3,5,13,15-16H2. The number of nitrogens with zero attached hydrogens (tertiary/aromatic N) is 2. The average molecular weight is 392 g/mol. The fraction of sp³-hybridized carbons (Fsp3) is 0.250. The van der Waals surface area contributed by atoms with Gasteiger partial charge in [-0.1, -0.05) is 18.2 Å². The molecule has 1 aliphatic rings. The van der Waals surface area contributed by atoms with Crippen LogP contribution in [-0.2, 0) is 6.42 Å². The van der Waals surface area contributed by atoms with Gasteiger partial charge in [-0.25, -0.2) is 8.78 Å². The lowest BCUT2D eigenvalue weighted by Gasteiger charge is -2.32. The van der Waals surface area contributed by atoms with E-state index >= 15 is 0 Å². The molecule has 1 fully saturated rings. The summed E-state index contributed by atoms with van der Waals surface area (Å²) < 4.78 is 26.6. The van der Waals surface area contributed by atoms with Crippen molar-refractivity contribution >= 4 is 5.91 Å². The molecule has 4 rings (SSSR count). The number of halogens is 2. The molecule has 1 amide bonds. The summed E-state index contributed by atoms with van der Waals surface area (Å²) in [5.41, 5.74) is 3.22. The molecule has 2 heterocycles. The average Bonchev–Trinajstić information content (AvgIpc) is 2.74. The van der Waals surface area contributed by atoms with E-state index in [0.29, 0.717) is 25.1 Å². The fourth-order valence-electron chi connectivity index (χ4n) is 3.86. The zero-order chi connectivity index (χ0) is 20.2. The topological polar surface area (TPSA) is 33.2 Å². The Labute approximate surface area is 169 Å². The minimum absolute atomic E-state index is 0.0781. The molecule has 29 heavy (non-hydrogen) atoms. The van der Waals surface area contributed by atoms with Gasteiger partial charge in [-0.15, -0.1) is 0 Å². The third-order valence-electron chi connectivity index (χ3n) is 5.32. The Morgan fingerprint density at radius 1 is 1.00 bits per heavy atom. The second-order valence-corrected chi connectivity index (χ2v) is 7.46. The van der Waals surface area contributed by atoms with Gasteiger partial charge in [-0.05, 0) is 66.9 Å². The Morgan fingerprint density at radius 2 is 1.79 bits per heavy atom. The van der Waals surface area contributed by atoms with E-state index in [1.54, 1.807) is 6.07 Å². The van der Waals surface area contributed by atoms with Crippen LogP contribution in [0.1, 0.15) is 46.1 Å².